The van der Waals surface area contributed by atoms with Gasteiger partial charge >= 0.3 is 5.69 Å². The summed E-state index contributed by atoms with van der Waals surface area (Å²) >= 11 is 1.92. The molecular weight excluding hydrogens is 1320 g/mol. The first-order valence-corrected chi connectivity index (χ1v) is 40.8. The Morgan fingerprint density at radius 3 is 1.30 bits per heavy atom. The van der Waals surface area contributed by atoms with Crippen LogP contribution in [0.1, 0.15) is 346 Å². The molecule has 5 aliphatic heterocycles. The molecule has 2 N–H and O–H groups in total. The molecule has 608 valence electrons. The van der Waals surface area contributed by atoms with Crippen LogP contribution in [0.15, 0.2) is 59.2 Å². The molecule has 9 rings (SSSR count). The summed E-state index contributed by atoms with van der Waals surface area (Å²) in [5, 5.41) is 7.56. The van der Waals surface area contributed by atoms with Gasteiger partial charge in [0.15, 0.2) is 0 Å². The van der Waals surface area contributed by atoms with Crippen molar-refractivity contribution in [2.75, 3.05) is 30.7 Å². The standard InChI is InChI=1S/C12H18N2.C11H18N2O2.2C10H18N2.C10H17N.C8H15NS.C8H15N.C7H12N2O.6C2H6/c1-12(2,3)10-7-6-9-5-4-8-13-11(9)14-10;1-7-8(11(2,3)4)12(5)10(15)13(6)9(7)14;1-7-8(2)12(6)9(11-7)10(3,4)5;1-7-8(2)12(9(3)11-7)10(4,5)6;1-7-6-9(10(3,4)5)11-8(7)2;1-8(2,3)7-9-5-4-6-10-7;1-8(2,3)7-5-4-6-9-7;1-7(2,3)6-8-4-5(10)9-6;6*1-2/h4-5,8,10H,6-7H2,1-3H3,(H,13,14);1-6H3;2*1-6H3;6H2,1-5H3;4-6H2,1-3H3;4-6H2,1-3H3;4H2,1-3H3,(H,8,9,10);6*1-2H3. The molecule has 0 fully saturated rings. The van der Waals surface area contributed by atoms with E-state index < -0.39 is 0 Å². The highest BCUT2D eigenvalue weighted by Gasteiger charge is 2.30. The zero-order valence-electron chi connectivity index (χ0n) is 77.4. The van der Waals surface area contributed by atoms with Crippen molar-refractivity contribution in [2.45, 2.75) is 366 Å². The topological polar surface area (TPSA) is 183 Å². The number of carbonyl (C=O) groups excluding carboxylic acids is 1. The Hall–Kier alpha value is -5.71. The van der Waals surface area contributed by atoms with Gasteiger partial charge in [-0.2, -0.15) is 0 Å². The fourth-order valence-electron chi connectivity index (χ4n) is 11.2. The van der Waals surface area contributed by atoms with Crippen LogP contribution in [0, 0.1) is 68.6 Å². The van der Waals surface area contributed by atoms with E-state index in [1.807, 2.05) is 149 Å². The average molecular weight is 1490 g/mol. The molecule has 105 heavy (non-hydrogen) atoms. The van der Waals surface area contributed by atoms with E-state index in [4.69, 9.17) is 0 Å². The van der Waals surface area contributed by atoms with E-state index in [0.29, 0.717) is 29.0 Å². The van der Waals surface area contributed by atoms with Gasteiger partial charge in [-0.05, 0) is 136 Å². The number of fused-ring (bicyclic) bond motifs is 1. The Bertz CT molecular complexity index is 3380. The minimum Gasteiger partial charge on any atom is -0.367 e. The number of nitrogens with one attached hydrogen (secondary N) is 2. The van der Waals surface area contributed by atoms with Crippen molar-refractivity contribution in [3.8, 4) is 0 Å². The number of pyridine rings is 1. The van der Waals surface area contributed by atoms with Gasteiger partial charge in [-0.25, -0.2) is 19.7 Å². The number of amides is 1. The number of aromatic nitrogens is 7. The van der Waals surface area contributed by atoms with E-state index in [9.17, 15) is 14.4 Å². The van der Waals surface area contributed by atoms with Crippen LogP contribution >= 0.6 is 11.8 Å². The van der Waals surface area contributed by atoms with E-state index in [-0.39, 0.29) is 49.8 Å². The first-order chi connectivity index (χ1) is 48.0. The molecule has 17 heteroatoms. The average Bonchev–Trinajstić information content (AvgIpc) is 1.75. The van der Waals surface area contributed by atoms with Gasteiger partial charge < -0.3 is 19.8 Å². The lowest BCUT2D eigenvalue weighted by molar-refractivity contribution is -0.117. The highest BCUT2D eigenvalue weighted by atomic mass is 32.2. The molecule has 4 aromatic heterocycles. The van der Waals surface area contributed by atoms with Crippen LogP contribution in [-0.4, -0.2) is 92.9 Å². The Morgan fingerprint density at radius 1 is 0.524 bits per heavy atom. The second kappa shape index (κ2) is 49.4. The molecule has 0 spiro atoms. The van der Waals surface area contributed by atoms with Gasteiger partial charge in [0.25, 0.3) is 5.56 Å². The van der Waals surface area contributed by atoms with Crippen LogP contribution in [0.25, 0.3) is 0 Å². The van der Waals surface area contributed by atoms with Crippen LogP contribution in [0.2, 0.25) is 0 Å². The minimum absolute atomic E-state index is 0.00456. The van der Waals surface area contributed by atoms with Crippen LogP contribution in [-0.2, 0) is 48.7 Å². The lowest BCUT2D eigenvalue weighted by atomic mass is 9.81. The van der Waals surface area contributed by atoms with Crippen molar-refractivity contribution in [3.05, 3.63) is 102 Å². The third kappa shape index (κ3) is 38.3. The second-order valence-corrected chi connectivity index (χ2v) is 35.0. The molecule has 0 saturated heterocycles. The van der Waals surface area contributed by atoms with Gasteiger partial charge in [0.05, 0.1) is 16.4 Å². The van der Waals surface area contributed by atoms with Crippen LogP contribution in [0.4, 0.5) is 5.82 Å². The number of thioether (sulfide) groups is 1. The van der Waals surface area contributed by atoms with Crippen molar-refractivity contribution in [2.24, 2.45) is 68.2 Å². The number of anilines is 1. The van der Waals surface area contributed by atoms with E-state index >= 15 is 0 Å². The number of aliphatic imine (C=N–C) groups is 4. The largest absolute Gasteiger partial charge is 0.367 e. The van der Waals surface area contributed by atoms with E-state index in [0.717, 1.165) is 70.9 Å². The van der Waals surface area contributed by atoms with Crippen molar-refractivity contribution < 1.29 is 4.79 Å². The fourth-order valence-corrected chi connectivity index (χ4v) is 12.3. The summed E-state index contributed by atoms with van der Waals surface area (Å²) in [6.07, 6.45) is 9.05. The van der Waals surface area contributed by atoms with Crippen LogP contribution in [0.3, 0.4) is 0 Å². The Kier molecular flexibility index (Phi) is 50.7. The van der Waals surface area contributed by atoms with Gasteiger partial charge in [-0.1, -0.05) is 235 Å². The van der Waals surface area contributed by atoms with E-state index in [1.54, 1.807) is 18.5 Å². The first-order valence-electron chi connectivity index (χ1n) is 39.9. The zero-order valence-corrected chi connectivity index (χ0v) is 78.2. The number of hydrogen-bond donors (Lipinski definition) is 2. The van der Waals surface area contributed by atoms with Crippen LogP contribution < -0.4 is 21.9 Å². The predicted molar refractivity (Wildman–Crippen MR) is 470 cm³/mol. The monoisotopic (exact) mass is 1490 g/mol. The molecule has 1 atom stereocenters. The normalized spacial score (nSPS) is 15.1. The first kappa shape index (κ1) is 108. The molecule has 9 heterocycles. The summed E-state index contributed by atoms with van der Waals surface area (Å²) in [5.74, 6) is 5.42. The maximum absolute atomic E-state index is 11.8. The summed E-state index contributed by atoms with van der Waals surface area (Å²) < 4.78 is 7.15. The molecule has 0 saturated carbocycles. The smallest absolute Gasteiger partial charge is 0.330 e. The number of nitrogens with zero attached hydrogens (tertiary/aromatic N) is 11. The molecular formula is C88H167N13O3S. The molecule has 1 unspecified atom stereocenters. The van der Waals surface area contributed by atoms with Gasteiger partial charge in [0, 0.05) is 131 Å². The summed E-state index contributed by atoms with van der Waals surface area (Å²) in [6, 6.07) is 4.72. The molecule has 0 aliphatic carbocycles. The summed E-state index contributed by atoms with van der Waals surface area (Å²) in [4.78, 5) is 65.0. The molecule has 5 aliphatic rings. The highest BCUT2D eigenvalue weighted by Crippen LogP contribution is 2.33. The Labute approximate surface area is 651 Å². The summed E-state index contributed by atoms with van der Waals surface area (Å²) in [6.45, 7) is 94.9. The number of allylic oxidation sites excluding steroid dienone is 2. The minimum atomic E-state index is -0.268. The number of hydrogen-bond acceptors (Lipinski definition) is 12. The number of rotatable bonds is 0. The lowest BCUT2D eigenvalue weighted by Crippen LogP contribution is -2.42. The van der Waals surface area contributed by atoms with Crippen LogP contribution in [0.5, 0.6) is 0 Å². The molecule has 4 aromatic rings. The van der Waals surface area contributed by atoms with Crippen molar-refractivity contribution in [1.29, 1.82) is 0 Å². The Morgan fingerprint density at radius 2 is 1.02 bits per heavy atom. The third-order valence-electron chi connectivity index (χ3n) is 16.8. The number of aryl methyl sites for hydroxylation is 4. The number of imidazole rings is 2. The SMILES string of the molecule is CC.CC.CC.CC.CC.CC.CC(C)(C)C1=NCC(=O)N1.CC(C)(C)C1=NCCC1.CC(C)(C)C1=NCCCS1.CC(C)(C)C1CCc2cccnc2N1.CC1=C(C)N=C(C(C)(C)C)C1.Cc1c(C(C)(C)C)n(C)c(=O)n(C)c1=O.Cc1nc(C(C)(C)C)n(C)c1C.Cc1nc(C)n(C(C)(C)C)c1C. The number of carbonyl (C=O) groups is 1. The van der Waals surface area contributed by atoms with Crippen molar-refractivity contribution in [1.82, 2.24) is 38.5 Å². The quantitative estimate of drug-likeness (QED) is 0.174. The van der Waals surface area contributed by atoms with Gasteiger partial charge in [0.2, 0.25) is 5.91 Å². The lowest BCUT2D eigenvalue weighted by Gasteiger charge is -2.35. The van der Waals surface area contributed by atoms with Crippen molar-refractivity contribution in [3.63, 3.8) is 0 Å². The van der Waals surface area contributed by atoms with Gasteiger partial charge in [-0.3, -0.25) is 38.7 Å². The molecule has 0 radical (unpaired) electrons. The van der Waals surface area contributed by atoms with E-state index in [2.05, 4.69) is 241 Å². The van der Waals surface area contributed by atoms with E-state index in [1.165, 1.54) is 83.2 Å². The number of amidine groups is 1. The molecule has 16 nitrogen and oxygen atoms in total. The molecule has 1 amide bonds. The maximum Gasteiger partial charge on any atom is 0.330 e. The fraction of sp³-hybridized carbons (Fsp3) is 0.750. The zero-order chi connectivity index (χ0) is 84.1. The highest BCUT2D eigenvalue weighted by molar-refractivity contribution is 8.14. The van der Waals surface area contributed by atoms with Gasteiger partial charge in [-0.15, -0.1) is 11.8 Å². The summed E-state index contributed by atoms with van der Waals surface area (Å²) in [7, 11) is 5.29. The summed E-state index contributed by atoms with van der Waals surface area (Å²) in [5.41, 5.74) is 13.8. The third-order valence-corrected chi connectivity index (χ3v) is 18.3. The maximum atomic E-state index is 11.8. The van der Waals surface area contributed by atoms with Gasteiger partial charge in [0.1, 0.15) is 29.8 Å². The predicted octanol–water partition coefficient (Wildman–Crippen LogP) is 23.2. The molecule has 0 bridgehead atoms. The Balaban J connectivity index is -0.000000356. The molecule has 0 aromatic carbocycles. The second-order valence-electron chi connectivity index (χ2n) is 33.9. The van der Waals surface area contributed by atoms with Crippen molar-refractivity contribution >= 4 is 45.8 Å².